The topological polar surface area (TPSA) is 20.3 Å². The molecule has 0 fully saturated rings. The lowest BCUT2D eigenvalue weighted by Crippen LogP contribution is -2.33. The Morgan fingerprint density at radius 1 is 0.857 bits per heavy atom. The molecule has 35 heavy (non-hydrogen) atoms. The summed E-state index contributed by atoms with van der Waals surface area (Å²) in [5.41, 5.74) is 0.463. The lowest BCUT2D eigenvalue weighted by molar-refractivity contribution is -0.137. The summed E-state index contributed by atoms with van der Waals surface area (Å²) in [5.74, 6) is -2.54. The van der Waals surface area contributed by atoms with Crippen LogP contribution in [0.25, 0.3) is 0 Å². The average molecular weight is 510 g/mol. The highest BCUT2D eigenvalue weighted by atomic mass is 35.5. The molecule has 3 aromatic carbocycles. The third kappa shape index (κ3) is 6.82. The van der Waals surface area contributed by atoms with Gasteiger partial charge in [-0.25, -0.2) is 8.78 Å². The molecule has 8 heteroatoms. The van der Waals surface area contributed by atoms with Gasteiger partial charge in [0.1, 0.15) is 5.82 Å². The van der Waals surface area contributed by atoms with Crippen molar-refractivity contribution in [1.82, 2.24) is 4.90 Å². The molecule has 0 aliphatic heterocycles. The summed E-state index contributed by atoms with van der Waals surface area (Å²) in [4.78, 5) is 14.6. The van der Waals surface area contributed by atoms with Crippen molar-refractivity contribution in [3.05, 3.63) is 105 Å². The Balaban J connectivity index is 1.95. The highest BCUT2D eigenvalue weighted by Crippen LogP contribution is 2.34. The van der Waals surface area contributed by atoms with E-state index < -0.39 is 39.9 Å². The van der Waals surface area contributed by atoms with E-state index in [0.29, 0.717) is 18.6 Å². The van der Waals surface area contributed by atoms with E-state index in [-0.39, 0.29) is 18.5 Å². The van der Waals surface area contributed by atoms with Crippen LogP contribution in [-0.2, 0) is 24.6 Å². The summed E-state index contributed by atoms with van der Waals surface area (Å²) in [6, 6.07) is 14.1. The molecule has 1 amide bonds. The first-order valence-electron chi connectivity index (χ1n) is 10.9. The molecule has 0 bridgehead atoms. The smallest absolute Gasteiger partial charge is 0.334 e. The normalized spacial score (nSPS) is 12.0. The fourth-order valence-corrected chi connectivity index (χ4v) is 3.80. The first-order chi connectivity index (χ1) is 16.3. The van der Waals surface area contributed by atoms with Gasteiger partial charge >= 0.3 is 6.18 Å². The van der Waals surface area contributed by atoms with E-state index in [1.54, 1.807) is 12.1 Å². The number of halogens is 6. The van der Waals surface area contributed by atoms with Crippen molar-refractivity contribution < 1.29 is 26.7 Å². The van der Waals surface area contributed by atoms with Gasteiger partial charge in [0.05, 0.1) is 16.1 Å². The molecule has 0 saturated carbocycles. The van der Waals surface area contributed by atoms with Gasteiger partial charge in [-0.2, -0.15) is 13.2 Å². The Morgan fingerprint density at radius 3 is 1.97 bits per heavy atom. The van der Waals surface area contributed by atoms with Crippen molar-refractivity contribution in [2.45, 2.75) is 45.3 Å². The zero-order valence-corrected chi connectivity index (χ0v) is 20.3. The molecule has 0 N–H and O–H groups in total. The number of hydrogen-bond acceptors (Lipinski definition) is 1. The Morgan fingerprint density at radius 2 is 1.43 bits per heavy atom. The lowest BCUT2D eigenvalue weighted by Gasteiger charge is -2.25. The number of carbonyl (C=O) groups is 1. The third-order valence-corrected chi connectivity index (χ3v) is 5.93. The molecule has 2 nitrogen and oxygen atoms in total. The zero-order chi connectivity index (χ0) is 26.0. The van der Waals surface area contributed by atoms with Crippen molar-refractivity contribution >= 4 is 17.5 Å². The minimum atomic E-state index is -4.80. The first-order valence-corrected chi connectivity index (χ1v) is 11.3. The summed E-state index contributed by atoms with van der Waals surface area (Å²) in [6.07, 6.45) is -4.51. The van der Waals surface area contributed by atoms with Gasteiger partial charge < -0.3 is 4.90 Å². The zero-order valence-electron chi connectivity index (χ0n) is 19.5. The number of rotatable bonds is 6. The standard InChI is InChI=1S/C27H25ClF5NO/c1-26(2,3)19-8-4-18(5-9-19)16-34(13-12-17-6-10-21(29)11-7-17)25(35)22-14-20(27(31,32)33)15-23(28)24(22)30/h4-11,14-15H,12-13,16H2,1-3H3. The molecule has 0 unspecified atom stereocenters. The Labute approximate surface area is 206 Å². The second-order valence-corrected chi connectivity index (χ2v) is 9.77. The first kappa shape index (κ1) is 26.7. The van der Waals surface area contributed by atoms with Crippen LogP contribution in [0.3, 0.4) is 0 Å². The quantitative estimate of drug-likeness (QED) is 0.310. The number of carbonyl (C=O) groups excluding carboxylic acids is 1. The van der Waals surface area contributed by atoms with Crippen LogP contribution < -0.4 is 0 Å². The molecule has 0 spiro atoms. The minimum absolute atomic E-state index is 0.0394. The molecule has 186 valence electrons. The van der Waals surface area contributed by atoms with E-state index >= 15 is 0 Å². The van der Waals surface area contributed by atoms with Gasteiger partial charge in [0, 0.05) is 13.1 Å². The van der Waals surface area contributed by atoms with Crippen LogP contribution in [-0.4, -0.2) is 17.4 Å². The molecule has 0 radical (unpaired) electrons. The van der Waals surface area contributed by atoms with Gasteiger partial charge in [0.15, 0.2) is 5.82 Å². The van der Waals surface area contributed by atoms with Crippen LogP contribution in [0.2, 0.25) is 5.02 Å². The maximum atomic E-state index is 14.7. The second-order valence-electron chi connectivity index (χ2n) is 9.37. The van der Waals surface area contributed by atoms with Crippen molar-refractivity contribution in [2.75, 3.05) is 6.54 Å². The SMILES string of the molecule is CC(C)(C)c1ccc(CN(CCc2ccc(F)cc2)C(=O)c2cc(C(F)(F)F)cc(Cl)c2F)cc1. The van der Waals surface area contributed by atoms with E-state index in [4.69, 9.17) is 11.6 Å². The Hall–Kier alpha value is -2.93. The highest BCUT2D eigenvalue weighted by molar-refractivity contribution is 6.31. The van der Waals surface area contributed by atoms with Gasteiger partial charge in [-0.1, -0.05) is 68.8 Å². The summed E-state index contributed by atoms with van der Waals surface area (Å²) >= 11 is 5.70. The van der Waals surface area contributed by atoms with Crippen LogP contribution in [0, 0.1) is 11.6 Å². The number of hydrogen-bond donors (Lipinski definition) is 0. The molecule has 0 heterocycles. The molecule has 0 saturated heterocycles. The largest absolute Gasteiger partial charge is 0.416 e. The maximum absolute atomic E-state index is 14.7. The molecule has 3 aromatic rings. The highest BCUT2D eigenvalue weighted by Gasteiger charge is 2.34. The van der Waals surface area contributed by atoms with Crippen molar-refractivity contribution in [2.24, 2.45) is 0 Å². The molecule has 0 aliphatic carbocycles. The third-order valence-electron chi connectivity index (χ3n) is 5.65. The van der Waals surface area contributed by atoms with Crippen molar-refractivity contribution in [3.63, 3.8) is 0 Å². The number of benzene rings is 3. The number of nitrogens with zero attached hydrogens (tertiary/aromatic N) is 1. The summed E-state index contributed by atoms with van der Waals surface area (Å²) in [7, 11) is 0. The molecule has 0 aliphatic rings. The number of amides is 1. The van der Waals surface area contributed by atoms with Crippen LogP contribution in [0.15, 0.2) is 60.7 Å². The van der Waals surface area contributed by atoms with Crippen molar-refractivity contribution in [1.29, 1.82) is 0 Å². The van der Waals surface area contributed by atoms with Gasteiger partial charge in [-0.05, 0) is 52.8 Å². The summed E-state index contributed by atoms with van der Waals surface area (Å²) in [6.45, 7) is 6.28. The minimum Gasteiger partial charge on any atom is -0.334 e. The second kappa shape index (κ2) is 10.4. The molecular weight excluding hydrogens is 485 g/mol. The lowest BCUT2D eigenvalue weighted by atomic mass is 9.87. The van der Waals surface area contributed by atoms with E-state index in [2.05, 4.69) is 20.8 Å². The maximum Gasteiger partial charge on any atom is 0.416 e. The predicted octanol–water partition coefficient (Wildman–Crippen LogP) is 7.82. The van der Waals surface area contributed by atoms with E-state index in [0.717, 1.165) is 16.7 Å². The van der Waals surface area contributed by atoms with Crippen LogP contribution >= 0.6 is 11.6 Å². The van der Waals surface area contributed by atoms with E-state index in [1.807, 2.05) is 24.3 Å². The van der Waals surface area contributed by atoms with Crippen LogP contribution in [0.1, 0.15) is 53.4 Å². The molecule has 0 atom stereocenters. The van der Waals surface area contributed by atoms with Gasteiger partial charge in [-0.3, -0.25) is 4.79 Å². The van der Waals surface area contributed by atoms with E-state index in [1.165, 1.54) is 17.0 Å². The van der Waals surface area contributed by atoms with Gasteiger partial charge in [0.2, 0.25) is 0 Å². The number of alkyl halides is 3. The Kier molecular flexibility index (Phi) is 7.90. The van der Waals surface area contributed by atoms with E-state index in [9.17, 15) is 26.7 Å². The fraction of sp³-hybridized carbons (Fsp3) is 0.296. The van der Waals surface area contributed by atoms with Crippen LogP contribution in [0.4, 0.5) is 22.0 Å². The Bertz CT molecular complexity index is 1180. The van der Waals surface area contributed by atoms with Gasteiger partial charge in [0.25, 0.3) is 5.91 Å². The predicted molar refractivity (Wildman–Crippen MR) is 126 cm³/mol. The molecular formula is C27H25ClF5NO. The molecule has 3 rings (SSSR count). The van der Waals surface area contributed by atoms with Gasteiger partial charge in [-0.15, -0.1) is 0 Å². The van der Waals surface area contributed by atoms with Crippen LogP contribution in [0.5, 0.6) is 0 Å². The fourth-order valence-electron chi connectivity index (χ4n) is 3.58. The van der Waals surface area contributed by atoms with Crippen molar-refractivity contribution in [3.8, 4) is 0 Å². The molecule has 0 aromatic heterocycles. The summed E-state index contributed by atoms with van der Waals surface area (Å²) in [5, 5.41) is -0.781. The monoisotopic (exact) mass is 509 g/mol. The average Bonchev–Trinajstić information content (AvgIpc) is 2.78. The summed E-state index contributed by atoms with van der Waals surface area (Å²) < 4.78 is 67.8.